The summed E-state index contributed by atoms with van der Waals surface area (Å²) in [5.41, 5.74) is 6.23. The van der Waals surface area contributed by atoms with Crippen LogP contribution in [0.5, 0.6) is 0 Å². The molecule has 0 spiro atoms. The molecule has 1 fully saturated rings. The third kappa shape index (κ3) is 3.62. The highest BCUT2D eigenvalue weighted by Crippen LogP contribution is 2.30. The number of aryl methyl sites for hydroxylation is 1. The number of aliphatic imine (C=N–C) groups is 1. The van der Waals surface area contributed by atoms with Crippen LogP contribution < -0.4 is 10.6 Å². The Kier molecular flexibility index (Phi) is 4.75. The van der Waals surface area contributed by atoms with Crippen LogP contribution in [-0.2, 0) is 6.42 Å². The Bertz CT molecular complexity index is 1060. The van der Waals surface area contributed by atoms with Gasteiger partial charge in [0, 0.05) is 29.6 Å². The fourth-order valence-corrected chi connectivity index (χ4v) is 4.38. The first-order valence-electron chi connectivity index (χ1n) is 10.5. The van der Waals surface area contributed by atoms with Gasteiger partial charge in [-0.25, -0.2) is 9.50 Å². The van der Waals surface area contributed by atoms with Crippen molar-refractivity contribution in [2.75, 3.05) is 12.4 Å². The van der Waals surface area contributed by atoms with Crippen LogP contribution in [0.15, 0.2) is 35.6 Å². The molecule has 3 aromatic rings. The molecule has 2 N–H and O–H groups in total. The zero-order chi connectivity index (χ0) is 19.8. The predicted octanol–water partition coefficient (Wildman–Crippen LogP) is 3.77. The molecular formula is C22H27N7. The van der Waals surface area contributed by atoms with E-state index in [1.165, 1.54) is 18.6 Å². The molecule has 0 amide bonds. The van der Waals surface area contributed by atoms with E-state index in [0.29, 0.717) is 18.0 Å². The van der Waals surface area contributed by atoms with E-state index < -0.39 is 0 Å². The van der Waals surface area contributed by atoms with Crippen molar-refractivity contribution in [2.24, 2.45) is 4.99 Å². The monoisotopic (exact) mass is 389 g/mol. The largest absolute Gasteiger partial charge is 0.350 e. The molecule has 0 aromatic carbocycles. The number of fused-ring (bicyclic) bond motifs is 2. The van der Waals surface area contributed by atoms with Gasteiger partial charge in [-0.3, -0.25) is 9.98 Å². The van der Waals surface area contributed by atoms with Gasteiger partial charge in [0.1, 0.15) is 0 Å². The summed E-state index contributed by atoms with van der Waals surface area (Å²) in [6, 6.07) is 7.27. The van der Waals surface area contributed by atoms with Crippen LogP contribution >= 0.6 is 0 Å². The molecule has 0 atom stereocenters. The highest BCUT2D eigenvalue weighted by atomic mass is 15.3. The van der Waals surface area contributed by atoms with Gasteiger partial charge in [-0.1, -0.05) is 0 Å². The average molecular weight is 390 g/mol. The smallest absolute Gasteiger partial charge is 0.241 e. The third-order valence-corrected chi connectivity index (χ3v) is 6.15. The molecule has 1 saturated carbocycles. The molecule has 1 aliphatic carbocycles. The predicted molar refractivity (Wildman–Crippen MR) is 116 cm³/mol. The highest BCUT2D eigenvalue weighted by Gasteiger charge is 2.21. The Labute approximate surface area is 170 Å². The summed E-state index contributed by atoms with van der Waals surface area (Å²) in [6.07, 6.45) is 10.5. The first-order chi connectivity index (χ1) is 14.2. The number of rotatable bonds is 4. The van der Waals surface area contributed by atoms with Gasteiger partial charge in [0.2, 0.25) is 5.95 Å². The minimum Gasteiger partial charge on any atom is -0.350 e. The molecule has 7 heteroatoms. The van der Waals surface area contributed by atoms with E-state index in [0.717, 1.165) is 53.8 Å². The maximum absolute atomic E-state index is 4.87. The van der Waals surface area contributed by atoms with E-state index in [1.807, 2.05) is 30.0 Å². The van der Waals surface area contributed by atoms with Crippen molar-refractivity contribution in [2.45, 2.75) is 57.5 Å². The molecule has 0 saturated heterocycles. The summed E-state index contributed by atoms with van der Waals surface area (Å²) in [7, 11) is 2.05. The van der Waals surface area contributed by atoms with Crippen LogP contribution in [0.1, 0.15) is 44.7 Å². The standard InChI is InChI=1S/C22H27N7/c1-14-3-8-20-19(25-14)10-9-18(27-20)17-11-12-29-21(17)13-24-22(28-29)26-16-6-4-15(23-2)5-7-16/h9-13,15-16,23H,3-8H2,1-2H3,(H,26,28). The van der Waals surface area contributed by atoms with E-state index in [2.05, 4.69) is 44.8 Å². The minimum atomic E-state index is 0.443. The average Bonchev–Trinajstić information content (AvgIpc) is 3.17. The summed E-state index contributed by atoms with van der Waals surface area (Å²) in [4.78, 5) is 14.1. The second-order valence-electron chi connectivity index (χ2n) is 8.13. The van der Waals surface area contributed by atoms with Crippen molar-refractivity contribution < 1.29 is 0 Å². The number of nitrogens with one attached hydrogen (secondary N) is 2. The molecule has 5 rings (SSSR count). The number of aromatic nitrogens is 4. The molecular weight excluding hydrogens is 362 g/mol. The molecule has 0 bridgehead atoms. The van der Waals surface area contributed by atoms with Crippen molar-refractivity contribution in [3.8, 4) is 11.3 Å². The Hall–Kier alpha value is -2.80. The van der Waals surface area contributed by atoms with Crippen LogP contribution in [0.25, 0.3) is 16.8 Å². The Morgan fingerprint density at radius 2 is 1.86 bits per heavy atom. The first-order valence-corrected chi connectivity index (χ1v) is 10.5. The third-order valence-electron chi connectivity index (χ3n) is 6.15. The van der Waals surface area contributed by atoms with E-state index >= 15 is 0 Å². The number of pyridine rings is 1. The maximum Gasteiger partial charge on any atom is 0.241 e. The van der Waals surface area contributed by atoms with E-state index in [-0.39, 0.29) is 0 Å². The fourth-order valence-electron chi connectivity index (χ4n) is 4.38. The second-order valence-corrected chi connectivity index (χ2v) is 8.13. The molecule has 4 heterocycles. The second kappa shape index (κ2) is 7.55. The Morgan fingerprint density at radius 1 is 1.03 bits per heavy atom. The number of hydrogen-bond acceptors (Lipinski definition) is 6. The zero-order valence-electron chi connectivity index (χ0n) is 17.0. The normalized spacial score (nSPS) is 21.7. The van der Waals surface area contributed by atoms with Crippen molar-refractivity contribution in [3.63, 3.8) is 0 Å². The molecule has 3 aromatic heterocycles. The lowest BCUT2D eigenvalue weighted by molar-refractivity contribution is 0.370. The molecule has 1 aliphatic heterocycles. The van der Waals surface area contributed by atoms with Crippen LogP contribution in [0, 0.1) is 0 Å². The van der Waals surface area contributed by atoms with Crippen molar-refractivity contribution in [1.82, 2.24) is 24.9 Å². The lowest BCUT2D eigenvalue weighted by atomic mass is 9.91. The Balaban J connectivity index is 1.37. The molecule has 0 radical (unpaired) electrons. The summed E-state index contributed by atoms with van der Waals surface area (Å²) in [6.45, 7) is 2.08. The van der Waals surface area contributed by atoms with Gasteiger partial charge in [0.15, 0.2) is 0 Å². The highest BCUT2D eigenvalue weighted by molar-refractivity contribution is 5.87. The summed E-state index contributed by atoms with van der Waals surface area (Å²) in [5.74, 6) is 0.691. The van der Waals surface area contributed by atoms with Gasteiger partial charge in [-0.05, 0) is 70.7 Å². The SMILES string of the molecule is CNC1CCC(Nc2ncc3c(-c4ccc5c(n4)CCC(C)=N5)ccn3n2)CC1. The van der Waals surface area contributed by atoms with E-state index in [1.54, 1.807) is 0 Å². The number of nitrogens with zero attached hydrogens (tertiary/aromatic N) is 5. The van der Waals surface area contributed by atoms with Crippen LogP contribution in [0.3, 0.4) is 0 Å². The number of anilines is 1. The molecule has 29 heavy (non-hydrogen) atoms. The van der Waals surface area contributed by atoms with Gasteiger partial charge >= 0.3 is 0 Å². The first kappa shape index (κ1) is 18.2. The van der Waals surface area contributed by atoms with E-state index in [4.69, 9.17) is 4.98 Å². The van der Waals surface area contributed by atoms with Crippen LogP contribution in [0.2, 0.25) is 0 Å². The zero-order valence-corrected chi connectivity index (χ0v) is 17.0. The summed E-state index contributed by atoms with van der Waals surface area (Å²) >= 11 is 0. The maximum atomic E-state index is 4.87. The lowest BCUT2D eigenvalue weighted by Gasteiger charge is -2.28. The van der Waals surface area contributed by atoms with Crippen molar-refractivity contribution in [3.05, 3.63) is 36.3 Å². The van der Waals surface area contributed by atoms with Gasteiger partial charge in [-0.2, -0.15) is 0 Å². The quantitative estimate of drug-likeness (QED) is 0.710. The molecule has 2 aliphatic rings. The Morgan fingerprint density at radius 3 is 2.69 bits per heavy atom. The molecule has 0 unspecified atom stereocenters. The van der Waals surface area contributed by atoms with Gasteiger partial charge in [0.05, 0.1) is 28.8 Å². The summed E-state index contributed by atoms with van der Waals surface area (Å²) in [5, 5.41) is 11.6. The minimum absolute atomic E-state index is 0.443. The summed E-state index contributed by atoms with van der Waals surface area (Å²) < 4.78 is 1.90. The van der Waals surface area contributed by atoms with Crippen molar-refractivity contribution >= 4 is 22.9 Å². The molecule has 150 valence electrons. The van der Waals surface area contributed by atoms with Crippen molar-refractivity contribution in [1.29, 1.82) is 0 Å². The van der Waals surface area contributed by atoms with Gasteiger partial charge < -0.3 is 10.6 Å². The lowest BCUT2D eigenvalue weighted by Crippen LogP contribution is -2.35. The molecule has 7 nitrogen and oxygen atoms in total. The van der Waals surface area contributed by atoms with Gasteiger partial charge in [-0.15, -0.1) is 5.10 Å². The van der Waals surface area contributed by atoms with Gasteiger partial charge in [0.25, 0.3) is 0 Å². The number of hydrogen-bond donors (Lipinski definition) is 2. The fraction of sp³-hybridized carbons (Fsp3) is 0.455. The van der Waals surface area contributed by atoms with Crippen LogP contribution in [-0.4, -0.2) is 44.4 Å². The topological polar surface area (TPSA) is 79.5 Å². The van der Waals surface area contributed by atoms with E-state index in [9.17, 15) is 0 Å². The van der Waals surface area contributed by atoms with Crippen LogP contribution in [0.4, 0.5) is 11.6 Å².